The van der Waals surface area contributed by atoms with E-state index < -0.39 is 18.2 Å². The lowest BCUT2D eigenvalue weighted by Gasteiger charge is -2.24. The van der Waals surface area contributed by atoms with Crippen molar-refractivity contribution in [3.8, 4) is 0 Å². The molecule has 3 atom stereocenters. The zero-order valence-electron chi connectivity index (χ0n) is 42.3. The van der Waals surface area contributed by atoms with Crippen molar-refractivity contribution in [2.45, 2.75) is 257 Å². The first-order valence-corrected chi connectivity index (χ1v) is 27.0. The standard InChI is InChI=1S/C59H101NO5/c1-4-7-10-13-16-19-22-25-27-28-29-30-32-34-37-40-43-46-49-52-59(64)65-55(50-47-44-41-38-35-33-31-26-23-20-17-14-11-8-5-2)53-58(63)60-56(54-61)57(62)51-48-45-42-39-36-24-21-18-15-12-9-6-3/h8,11,16-17,19-20,25-27,29-31,35,38,44,47,55-57,61-62H,4-7,9-10,12-15,18,21-24,28,32-34,36-37,39-43,45-46,48-54H2,1-3H3,(H,60,63)/b11-8-,19-16-,20-17-,27-25-,30-29-,31-26-,38-35-,47-44-. The molecule has 0 aromatic rings. The molecule has 3 N–H and O–H groups in total. The van der Waals surface area contributed by atoms with Gasteiger partial charge in [-0.15, -0.1) is 0 Å². The zero-order valence-corrected chi connectivity index (χ0v) is 42.3. The fourth-order valence-corrected chi connectivity index (χ4v) is 7.58. The Balaban J connectivity index is 4.72. The van der Waals surface area contributed by atoms with E-state index in [1.807, 2.05) is 12.2 Å². The number of hydrogen-bond acceptors (Lipinski definition) is 5. The van der Waals surface area contributed by atoms with Gasteiger partial charge in [0.1, 0.15) is 6.10 Å². The Hall–Kier alpha value is -3.22. The molecule has 0 aliphatic rings. The van der Waals surface area contributed by atoms with Crippen molar-refractivity contribution in [1.29, 1.82) is 0 Å². The normalized spacial score (nSPS) is 14.0. The first-order valence-electron chi connectivity index (χ1n) is 27.0. The zero-order chi connectivity index (χ0) is 47.4. The quantitative estimate of drug-likeness (QED) is 0.0321. The molecule has 3 unspecified atom stereocenters. The molecule has 0 aliphatic heterocycles. The SMILES string of the molecule is CC/C=C\C/C=C\C/C=C\C/C=C\C/C=C\CC(CC(=O)NC(CO)C(O)CCCCCCCCCCCCCC)OC(=O)CCCCCCCC/C=C\C/C=C\C/C=C\CCCCC. The van der Waals surface area contributed by atoms with Gasteiger partial charge in [0, 0.05) is 12.8 Å². The van der Waals surface area contributed by atoms with Crippen molar-refractivity contribution in [3.63, 3.8) is 0 Å². The minimum Gasteiger partial charge on any atom is -0.461 e. The van der Waals surface area contributed by atoms with Crippen LogP contribution < -0.4 is 5.32 Å². The van der Waals surface area contributed by atoms with Gasteiger partial charge in [0.25, 0.3) is 0 Å². The first kappa shape index (κ1) is 61.8. The largest absolute Gasteiger partial charge is 0.461 e. The van der Waals surface area contributed by atoms with Crippen molar-refractivity contribution in [3.05, 3.63) is 97.2 Å². The second-order valence-electron chi connectivity index (χ2n) is 17.9. The summed E-state index contributed by atoms with van der Waals surface area (Å²) < 4.78 is 5.87. The molecule has 65 heavy (non-hydrogen) atoms. The first-order chi connectivity index (χ1) is 32.0. The van der Waals surface area contributed by atoms with E-state index in [1.165, 1.54) is 96.3 Å². The summed E-state index contributed by atoms with van der Waals surface area (Å²) >= 11 is 0. The second kappa shape index (κ2) is 51.8. The third-order valence-corrected chi connectivity index (χ3v) is 11.6. The predicted octanol–water partition coefficient (Wildman–Crippen LogP) is 16.5. The van der Waals surface area contributed by atoms with E-state index in [4.69, 9.17) is 4.74 Å². The number of nitrogens with one attached hydrogen (secondary N) is 1. The molecule has 0 aliphatic carbocycles. The van der Waals surface area contributed by atoms with Crippen molar-refractivity contribution in [2.24, 2.45) is 0 Å². The minimum absolute atomic E-state index is 0.0108. The van der Waals surface area contributed by atoms with Crippen molar-refractivity contribution < 1.29 is 24.5 Å². The van der Waals surface area contributed by atoms with Gasteiger partial charge in [0.2, 0.25) is 5.91 Å². The van der Waals surface area contributed by atoms with Crippen molar-refractivity contribution >= 4 is 11.9 Å². The summed E-state index contributed by atoms with van der Waals surface area (Å²) in [6, 6.07) is -0.740. The summed E-state index contributed by atoms with van der Waals surface area (Å²) in [5.41, 5.74) is 0. The Morgan fingerprint density at radius 1 is 0.477 bits per heavy atom. The molecule has 0 fully saturated rings. The van der Waals surface area contributed by atoms with Crippen LogP contribution >= 0.6 is 0 Å². The fourth-order valence-electron chi connectivity index (χ4n) is 7.58. The van der Waals surface area contributed by atoms with Crippen LogP contribution in [0.3, 0.4) is 0 Å². The number of unbranched alkanes of at least 4 members (excludes halogenated alkanes) is 20. The summed E-state index contributed by atoms with van der Waals surface area (Å²) in [6.07, 6.45) is 69.1. The van der Waals surface area contributed by atoms with Gasteiger partial charge < -0.3 is 20.3 Å². The predicted molar refractivity (Wildman–Crippen MR) is 282 cm³/mol. The molecule has 0 radical (unpaired) electrons. The Morgan fingerprint density at radius 2 is 0.862 bits per heavy atom. The molecule has 372 valence electrons. The molecule has 0 spiro atoms. The van der Waals surface area contributed by atoms with Crippen LogP contribution in [0.25, 0.3) is 0 Å². The van der Waals surface area contributed by atoms with E-state index in [9.17, 15) is 19.8 Å². The minimum atomic E-state index is -0.819. The summed E-state index contributed by atoms with van der Waals surface area (Å²) in [5, 5.41) is 23.7. The van der Waals surface area contributed by atoms with Crippen LogP contribution in [0, 0.1) is 0 Å². The van der Waals surface area contributed by atoms with E-state index >= 15 is 0 Å². The van der Waals surface area contributed by atoms with Crippen molar-refractivity contribution in [1.82, 2.24) is 5.32 Å². The Kier molecular flexibility index (Phi) is 49.2. The topological polar surface area (TPSA) is 95.9 Å². The maximum atomic E-state index is 13.2. The van der Waals surface area contributed by atoms with Crippen LogP contribution in [0.15, 0.2) is 97.2 Å². The van der Waals surface area contributed by atoms with E-state index in [0.717, 1.165) is 96.3 Å². The molecule has 6 heteroatoms. The average Bonchev–Trinajstić information content (AvgIpc) is 3.30. The van der Waals surface area contributed by atoms with Crippen LogP contribution in [-0.2, 0) is 14.3 Å². The Morgan fingerprint density at radius 3 is 1.34 bits per heavy atom. The number of allylic oxidation sites excluding steroid dienone is 15. The maximum absolute atomic E-state index is 13.2. The van der Waals surface area contributed by atoms with Gasteiger partial charge in [-0.05, 0) is 83.5 Å². The van der Waals surface area contributed by atoms with Gasteiger partial charge in [-0.1, -0.05) is 234 Å². The highest BCUT2D eigenvalue weighted by Crippen LogP contribution is 2.16. The van der Waals surface area contributed by atoms with Crippen LogP contribution in [0.1, 0.15) is 239 Å². The van der Waals surface area contributed by atoms with Gasteiger partial charge in [-0.25, -0.2) is 0 Å². The van der Waals surface area contributed by atoms with Gasteiger partial charge in [0.15, 0.2) is 0 Å². The third-order valence-electron chi connectivity index (χ3n) is 11.6. The summed E-state index contributed by atoms with van der Waals surface area (Å²) in [5.74, 6) is -0.599. The molecule has 6 nitrogen and oxygen atoms in total. The van der Waals surface area contributed by atoms with Crippen molar-refractivity contribution in [2.75, 3.05) is 6.61 Å². The van der Waals surface area contributed by atoms with E-state index in [1.54, 1.807) is 0 Å². The van der Waals surface area contributed by atoms with Crippen LogP contribution in [0.5, 0.6) is 0 Å². The number of ether oxygens (including phenoxy) is 1. The molecule has 0 aromatic heterocycles. The molecule has 1 amide bonds. The number of carbonyl (C=O) groups excluding carboxylic acids is 2. The fraction of sp³-hybridized carbons (Fsp3) is 0.695. The third kappa shape index (κ3) is 47.1. The van der Waals surface area contributed by atoms with Gasteiger partial charge in [-0.3, -0.25) is 9.59 Å². The Bertz CT molecular complexity index is 1290. The Labute approximate surface area is 401 Å². The number of hydrogen-bond donors (Lipinski definition) is 3. The van der Waals surface area contributed by atoms with Crippen LogP contribution in [0.2, 0.25) is 0 Å². The van der Waals surface area contributed by atoms with Gasteiger partial charge in [0.05, 0.1) is 25.2 Å². The van der Waals surface area contributed by atoms with Crippen LogP contribution in [0.4, 0.5) is 0 Å². The van der Waals surface area contributed by atoms with Crippen LogP contribution in [-0.4, -0.2) is 46.9 Å². The maximum Gasteiger partial charge on any atom is 0.306 e. The van der Waals surface area contributed by atoms with Gasteiger partial charge in [-0.2, -0.15) is 0 Å². The number of carbonyl (C=O) groups is 2. The molecule has 0 aromatic carbocycles. The molecule has 0 saturated heterocycles. The van der Waals surface area contributed by atoms with E-state index in [-0.39, 0.29) is 24.9 Å². The lowest BCUT2D eigenvalue weighted by molar-refractivity contribution is -0.150. The summed E-state index contributed by atoms with van der Waals surface area (Å²) in [7, 11) is 0. The number of aliphatic hydroxyl groups is 2. The highest BCUT2D eigenvalue weighted by atomic mass is 16.5. The molecular weight excluding hydrogens is 803 g/mol. The molecular formula is C59H101NO5. The second-order valence-corrected chi connectivity index (χ2v) is 17.9. The molecule has 0 heterocycles. The number of esters is 1. The smallest absolute Gasteiger partial charge is 0.306 e. The lowest BCUT2D eigenvalue weighted by Crippen LogP contribution is -2.46. The number of rotatable bonds is 47. The summed E-state index contributed by atoms with van der Waals surface area (Å²) in [4.78, 5) is 26.2. The average molecular weight is 904 g/mol. The number of aliphatic hydroxyl groups excluding tert-OH is 2. The number of amides is 1. The summed E-state index contributed by atoms with van der Waals surface area (Å²) in [6.45, 7) is 6.31. The molecule has 0 bridgehead atoms. The molecule has 0 rings (SSSR count). The van der Waals surface area contributed by atoms with E-state index in [2.05, 4.69) is 111 Å². The molecule has 0 saturated carbocycles. The lowest BCUT2D eigenvalue weighted by atomic mass is 10.0. The highest BCUT2D eigenvalue weighted by molar-refractivity contribution is 5.77. The van der Waals surface area contributed by atoms with Gasteiger partial charge >= 0.3 is 5.97 Å². The van der Waals surface area contributed by atoms with E-state index in [0.29, 0.717) is 19.3 Å². The monoisotopic (exact) mass is 904 g/mol. The highest BCUT2D eigenvalue weighted by Gasteiger charge is 2.23.